The van der Waals surface area contributed by atoms with Gasteiger partial charge in [0.1, 0.15) is 11.3 Å². The van der Waals surface area contributed by atoms with Crippen LogP contribution in [0.2, 0.25) is 0 Å². The molecule has 3 aromatic heterocycles. The van der Waals surface area contributed by atoms with Crippen molar-refractivity contribution in [2.75, 3.05) is 0 Å². The van der Waals surface area contributed by atoms with E-state index >= 15 is 0 Å². The summed E-state index contributed by atoms with van der Waals surface area (Å²) in [4.78, 5) is 8.35. The Balaban J connectivity index is 0.00000162. The van der Waals surface area contributed by atoms with Crippen molar-refractivity contribution >= 4 is 36.0 Å². The van der Waals surface area contributed by atoms with E-state index in [1.165, 1.54) is 0 Å². The van der Waals surface area contributed by atoms with Gasteiger partial charge in [-0.3, -0.25) is 9.97 Å². The minimum Gasteiger partial charge on any atom is -0.507 e. The van der Waals surface area contributed by atoms with E-state index in [1.807, 2.05) is 16.8 Å². The first-order valence-corrected chi connectivity index (χ1v) is 10.7. The van der Waals surface area contributed by atoms with Gasteiger partial charge in [0.2, 0.25) is 5.65 Å². The van der Waals surface area contributed by atoms with Crippen LogP contribution in [0, 0.1) is 0 Å². The van der Waals surface area contributed by atoms with Gasteiger partial charge in [0, 0.05) is 34.6 Å². The summed E-state index contributed by atoms with van der Waals surface area (Å²) in [5, 5.41) is 31.9. The molecule has 1 fully saturated rings. The van der Waals surface area contributed by atoms with Gasteiger partial charge in [-0.05, 0) is 58.7 Å². The molecule has 1 aromatic carbocycles. The van der Waals surface area contributed by atoms with Crippen LogP contribution in [0.1, 0.15) is 46.6 Å². The van der Waals surface area contributed by atoms with Crippen LogP contribution in [-0.4, -0.2) is 51.3 Å². The largest absolute Gasteiger partial charge is 0.507 e. The lowest BCUT2D eigenvalue weighted by atomic mass is 9.80. The summed E-state index contributed by atoms with van der Waals surface area (Å²) in [6.45, 7) is 8.82. The van der Waals surface area contributed by atoms with E-state index in [1.54, 1.807) is 30.7 Å². The third kappa shape index (κ3) is 4.96. The number of nitrogens with one attached hydrogen (secondary N) is 1. The smallest absolute Gasteiger partial charge is 0.201 e. The fourth-order valence-electron chi connectivity index (χ4n) is 4.93. The lowest BCUT2D eigenvalue weighted by Crippen LogP contribution is -2.58. The van der Waals surface area contributed by atoms with Crippen LogP contribution in [0.5, 0.6) is 5.75 Å². The number of halogens is 2. The maximum absolute atomic E-state index is 10.6. The molecule has 180 valence electrons. The zero-order valence-corrected chi connectivity index (χ0v) is 21.1. The van der Waals surface area contributed by atoms with E-state index < -0.39 is 0 Å². The Hall–Kier alpha value is -2.88. The zero-order chi connectivity index (χ0) is 22.5. The Bertz CT molecular complexity index is 1280. The molecule has 4 aromatic rings. The van der Waals surface area contributed by atoms with Crippen LogP contribution >= 0.6 is 24.8 Å². The number of phenols is 1. The first-order chi connectivity index (χ1) is 15.2. The number of rotatable bonds is 3. The molecule has 0 atom stereocenters. The summed E-state index contributed by atoms with van der Waals surface area (Å²) < 4.78 is 1.90. The van der Waals surface area contributed by atoms with E-state index in [2.05, 4.69) is 63.5 Å². The maximum Gasteiger partial charge on any atom is 0.201 e. The topological polar surface area (TPSA) is 115 Å². The molecule has 0 bridgehead atoms. The third-order valence-corrected chi connectivity index (χ3v) is 5.87. The van der Waals surface area contributed by atoms with Crippen LogP contribution in [0.3, 0.4) is 0 Å². The van der Waals surface area contributed by atoms with E-state index in [0.717, 1.165) is 18.4 Å². The lowest BCUT2D eigenvalue weighted by molar-refractivity contribution is 0.127. The standard InChI is InChI=1S/C23H26N8O.2ClH/c1-22(2)11-15(12-23(3,4)29-22)31-21-18(27-30-31)10-17(26-28-21)16-6-5-14(9-20(16)32)19-13-24-7-8-25-19;;/h5-10,13,15,29,32H,11-12H2,1-4H3;2*1H. The molecule has 5 rings (SSSR count). The molecule has 34 heavy (non-hydrogen) atoms. The molecule has 9 nitrogen and oxygen atoms in total. The molecular weight excluding hydrogens is 475 g/mol. The van der Waals surface area contributed by atoms with Crippen LogP contribution in [0.15, 0.2) is 42.9 Å². The number of aromatic hydroxyl groups is 1. The van der Waals surface area contributed by atoms with Crippen molar-refractivity contribution in [2.24, 2.45) is 0 Å². The highest BCUT2D eigenvalue weighted by atomic mass is 35.5. The van der Waals surface area contributed by atoms with Gasteiger partial charge in [0.15, 0.2) is 0 Å². The number of piperidine rings is 1. The Kier molecular flexibility index (Phi) is 7.12. The van der Waals surface area contributed by atoms with Gasteiger partial charge in [-0.1, -0.05) is 11.3 Å². The molecule has 1 aliphatic heterocycles. The summed E-state index contributed by atoms with van der Waals surface area (Å²) in [5.74, 6) is 0.0936. The van der Waals surface area contributed by atoms with Gasteiger partial charge in [0.25, 0.3) is 0 Å². The predicted octanol–water partition coefficient (Wildman–Crippen LogP) is 4.38. The molecule has 0 radical (unpaired) electrons. The number of aromatic nitrogens is 7. The average Bonchev–Trinajstić information content (AvgIpc) is 3.15. The van der Waals surface area contributed by atoms with Crippen molar-refractivity contribution < 1.29 is 5.11 Å². The van der Waals surface area contributed by atoms with E-state index in [-0.39, 0.29) is 47.7 Å². The fraction of sp³-hybridized carbons (Fsp3) is 0.391. The summed E-state index contributed by atoms with van der Waals surface area (Å²) in [7, 11) is 0. The highest BCUT2D eigenvalue weighted by Crippen LogP contribution is 2.37. The molecule has 0 amide bonds. The van der Waals surface area contributed by atoms with Crippen molar-refractivity contribution in [3.63, 3.8) is 0 Å². The second kappa shape index (κ2) is 9.40. The van der Waals surface area contributed by atoms with Crippen LogP contribution in [-0.2, 0) is 0 Å². The molecule has 0 saturated carbocycles. The number of benzene rings is 1. The fourth-order valence-corrected chi connectivity index (χ4v) is 4.93. The first-order valence-electron chi connectivity index (χ1n) is 10.7. The first kappa shape index (κ1) is 25.7. The molecule has 0 unspecified atom stereocenters. The van der Waals surface area contributed by atoms with Crippen molar-refractivity contribution in [1.82, 2.24) is 40.5 Å². The molecule has 1 aliphatic rings. The van der Waals surface area contributed by atoms with E-state index in [9.17, 15) is 5.11 Å². The molecule has 0 spiro atoms. The number of hydrogen-bond donors (Lipinski definition) is 2. The maximum atomic E-state index is 10.6. The van der Waals surface area contributed by atoms with Gasteiger partial charge < -0.3 is 10.4 Å². The Morgan fingerprint density at radius 2 is 1.68 bits per heavy atom. The van der Waals surface area contributed by atoms with Crippen molar-refractivity contribution in [3.8, 4) is 28.3 Å². The number of hydrogen-bond acceptors (Lipinski definition) is 8. The predicted molar refractivity (Wildman–Crippen MR) is 135 cm³/mol. The summed E-state index contributed by atoms with van der Waals surface area (Å²) in [5.41, 5.74) is 3.85. The zero-order valence-electron chi connectivity index (χ0n) is 19.4. The number of phenolic OH excluding ortho intramolecular Hbond substituents is 1. The van der Waals surface area contributed by atoms with Gasteiger partial charge in [-0.15, -0.1) is 40.1 Å². The Morgan fingerprint density at radius 1 is 0.941 bits per heavy atom. The number of nitrogens with zero attached hydrogens (tertiary/aromatic N) is 7. The van der Waals surface area contributed by atoms with Crippen molar-refractivity contribution in [2.45, 2.75) is 57.7 Å². The second-order valence-corrected chi connectivity index (χ2v) is 9.75. The van der Waals surface area contributed by atoms with Crippen LogP contribution < -0.4 is 5.32 Å². The quantitative estimate of drug-likeness (QED) is 0.424. The molecule has 11 heteroatoms. The summed E-state index contributed by atoms with van der Waals surface area (Å²) in [6, 6.07) is 7.33. The van der Waals surface area contributed by atoms with Crippen LogP contribution in [0.4, 0.5) is 0 Å². The minimum absolute atomic E-state index is 0. The van der Waals surface area contributed by atoms with Gasteiger partial charge >= 0.3 is 0 Å². The van der Waals surface area contributed by atoms with Gasteiger partial charge in [-0.2, -0.15) is 0 Å². The van der Waals surface area contributed by atoms with E-state index in [4.69, 9.17) is 0 Å². The minimum atomic E-state index is -0.0191. The van der Waals surface area contributed by atoms with Crippen molar-refractivity contribution in [1.29, 1.82) is 0 Å². The second-order valence-electron chi connectivity index (χ2n) is 9.75. The molecule has 1 saturated heterocycles. The summed E-state index contributed by atoms with van der Waals surface area (Å²) >= 11 is 0. The van der Waals surface area contributed by atoms with Gasteiger partial charge in [0.05, 0.1) is 23.6 Å². The monoisotopic (exact) mass is 502 g/mol. The SMILES string of the molecule is CC1(C)CC(n2nnc3cc(-c4ccc(-c5cnccn5)cc4O)nnc32)CC(C)(C)N1.Cl.Cl. The molecule has 4 heterocycles. The summed E-state index contributed by atoms with van der Waals surface area (Å²) in [6.07, 6.45) is 6.73. The molecule has 2 N–H and O–H groups in total. The molecule has 0 aliphatic carbocycles. The van der Waals surface area contributed by atoms with Gasteiger partial charge in [-0.25, -0.2) is 4.68 Å². The Labute approximate surface area is 210 Å². The van der Waals surface area contributed by atoms with Crippen LogP contribution in [0.25, 0.3) is 33.7 Å². The third-order valence-electron chi connectivity index (χ3n) is 5.87. The molecular formula is C23H28Cl2N8O. The average molecular weight is 503 g/mol. The highest BCUT2D eigenvalue weighted by Gasteiger charge is 2.39. The normalized spacial score (nSPS) is 17.1. The van der Waals surface area contributed by atoms with E-state index in [0.29, 0.717) is 28.1 Å². The van der Waals surface area contributed by atoms with Crippen molar-refractivity contribution in [3.05, 3.63) is 42.9 Å². The Morgan fingerprint density at radius 3 is 2.32 bits per heavy atom. The highest BCUT2D eigenvalue weighted by molar-refractivity contribution is 5.85. The number of fused-ring (bicyclic) bond motifs is 1. The lowest BCUT2D eigenvalue weighted by Gasteiger charge is -2.46.